The van der Waals surface area contributed by atoms with E-state index in [1.54, 1.807) is 0 Å². The van der Waals surface area contributed by atoms with Crippen molar-refractivity contribution in [3.05, 3.63) is 47.0 Å². The van der Waals surface area contributed by atoms with E-state index in [-0.39, 0.29) is 5.92 Å². The molecule has 0 saturated heterocycles. The van der Waals surface area contributed by atoms with Crippen molar-refractivity contribution in [2.75, 3.05) is 0 Å². The summed E-state index contributed by atoms with van der Waals surface area (Å²) in [6.45, 7) is 0. The van der Waals surface area contributed by atoms with Crippen LogP contribution < -0.4 is 0 Å². The van der Waals surface area contributed by atoms with Gasteiger partial charge in [-0.25, -0.2) is 0 Å². The summed E-state index contributed by atoms with van der Waals surface area (Å²) in [6.07, 6.45) is 4.20. The van der Waals surface area contributed by atoms with Gasteiger partial charge in [-0.05, 0) is 30.4 Å². The minimum absolute atomic E-state index is 0.263. The molecule has 0 heterocycles. The van der Waals surface area contributed by atoms with Crippen LogP contribution in [-0.4, -0.2) is 0 Å². The average molecular weight is 222 g/mol. The SMILES string of the molecule is N#CC(C#N)=C1CCCCC1c1ccccc1. The molecule has 0 aliphatic heterocycles. The zero-order valence-electron chi connectivity index (χ0n) is 9.69. The predicted molar refractivity (Wildman–Crippen MR) is 65.9 cm³/mol. The fraction of sp³-hybridized carbons (Fsp3) is 0.333. The summed E-state index contributed by atoms with van der Waals surface area (Å²) in [4.78, 5) is 0. The molecule has 0 N–H and O–H groups in total. The molecule has 0 aromatic heterocycles. The molecule has 1 atom stereocenters. The van der Waals surface area contributed by atoms with E-state index in [2.05, 4.69) is 12.1 Å². The highest BCUT2D eigenvalue weighted by molar-refractivity contribution is 5.45. The van der Waals surface area contributed by atoms with Crippen molar-refractivity contribution in [2.24, 2.45) is 0 Å². The zero-order valence-corrected chi connectivity index (χ0v) is 9.69. The molecule has 1 fully saturated rings. The zero-order chi connectivity index (χ0) is 12.1. The molecule has 1 aliphatic rings. The van der Waals surface area contributed by atoms with Crippen LogP contribution in [0.1, 0.15) is 37.2 Å². The van der Waals surface area contributed by atoms with Crippen LogP contribution in [0.25, 0.3) is 0 Å². The normalized spacial score (nSPS) is 19.2. The summed E-state index contributed by atoms with van der Waals surface area (Å²) in [5, 5.41) is 18.0. The monoisotopic (exact) mass is 222 g/mol. The van der Waals surface area contributed by atoms with Crippen molar-refractivity contribution in [3.8, 4) is 12.1 Å². The van der Waals surface area contributed by atoms with Crippen LogP contribution in [0, 0.1) is 22.7 Å². The third-order valence-corrected chi connectivity index (χ3v) is 3.36. The molecule has 2 nitrogen and oxygen atoms in total. The van der Waals surface area contributed by atoms with Gasteiger partial charge < -0.3 is 0 Å². The average Bonchev–Trinajstić information content (AvgIpc) is 2.42. The Morgan fingerprint density at radius 3 is 2.41 bits per heavy atom. The summed E-state index contributed by atoms with van der Waals surface area (Å²) in [6, 6.07) is 14.3. The lowest BCUT2D eigenvalue weighted by atomic mass is 9.78. The lowest BCUT2D eigenvalue weighted by molar-refractivity contribution is 0.539. The Labute approximate surface area is 102 Å². The molecule has 0 bridgehead atoms. The van der Waals surface area contributed by atoms with Crippen molar-refractivity contribution in [3.63, 3.8) is 0 Å². The quantitative estimate of drug-likeness (QED) is 0.680. The second-order valence-corrected chi connectivity index (χ2v) is 4.33. The van der Waals surface area contributed by atoms with Crippen LogP contribution in [-0.2, 0) is 0 Å². The topological polar surface area (TPSA) is 47.6 Å². The first-order valence-electron chi connectivity index (χ1n) is 5.95. The van der Waals surface area contributed by atoms with Gasteiger partial charge in [-0.15, -0.1) is 0 Å². The smallest absolute Gasteiger partial charge is 0.129 e. The molecule has 1 aromatic rings. The summed E-state index contributed by atoms with van der Waals surface area (Å²) >= 11 is 0. The van der Waals surface area contributed by atoms with Crippen LogP contribution in [0.5, 0.6) is 0 Å². The molecule has 17 heavy (non-hydrogen) atoms. The van der Waals surface area contributed by atoms with Crippen LogP contribution in [0.3, 0.4) is 0 Å². The van der Waals surface area contributed by atoms with E-state index in [1.807, 2.05) is 30.3 Å². The summed E-state index contributed by atoms with van der Waals surface area (Å²) in [7, 11) is 0. The fourth-order valence-electron chi connectivity index (χ4n) is 2.53. The van der Waals surface area contributed by atoms with Crippen molar-refractivity contribution in [1.82, 2.24) is 0 Å². The lowest BCUT2D eigenvalue weighted by Gasteiger charge is -2.25. The van der Waals surface area contributed by atoms with E-state index in [0.29, 0.717) is 5.57 Å². The van der Waals surface area contributed by atoms with Gasteiger partial charge in [0.15, 0.2) is 0 Å². The van der Waals surface area contributed by atoms with Gasteiger partial charge in [0.1, 0.15) is 17.7 Å². The van der Waals surface area contributed by atoms with Crippen molar-refractivity contribution < 1.29 is 0 Å². The highest BCUT2D eigenvalue weighted by Crippen LogP contribution is 2.38. The van der Waals surface area contributed by atoms with Gasteiger partial charge in [0.2, 0.25) is 0 Å². The minimum atomic E-state index is 0.263. The molecule has 0 amide bonds. The molecular formula is C15H14N2. The maximum atomic E-state index is 9.01. The van der Waals surface area contributed by atoms with Crippen molar-refractivity contribution in [1.29, 1.82) is 10.5 Å². The Hall–Kier alpha value is -2.06. The van der Waals surface area contributed by atoms with Gasteiger partial charge in [0.05, 0.1) is 0 Å². The summed E-state index contributed by atoms with van der Waals surface area (Å²) < 4.78 is 0. The van der Waals surface area contributed by atoms with Crippen molar-refractivity contribution in [2.45, 2.75) is 31.6 Å². The largest absolute Gasteiger partial charge is 0.192 e. The van der Waals surface area contributed by atoms with Crippen molar-refractivity contribution >= 4 is 0 Å². The molecule has 1 unspecified atom stereocenters. The number of rotatable bonds is 1. The molecule has 2 heteroatoms. The maximum Gasteiger partial charge on any atom is 0.129 e. The van der Waals surface area contributed by atoms with Crippen LogP contribution in [0.2, 0.25) is 0 Å². The van der Waals surface area contributed by atoms with E-state index in [9.17, 15) is 0 Å². The highest BCUT2D eigenvalue weighted by atomic mass is 14.3. The molecule has 0 radical (unpaired) electrons. The number of benzene rings is 1. The van der Waals surface area contributed by atoms with Gasteiger partial charge in [-0.3, -0.25) is 0 Å². The van der Waals surface area contributed by atoms with Gasteiger partial charge in [0, 0.05) is 5.92 Å². The first-order chi connectivity index (χ1) is 8.36. The first kappa shape index (κ1) is 11.4. The first-order valence-corrected chi connectivity index (χ1v) is 5.95. The number of allylic oxidation sites excluding steroid dienone is 2. The summed E-state index contributed by atoms with van der Waals surface area (Å²) in [5.74, 6) is 0.263. The fourth-order valence-corrected chi connectivity index (χ4v) is 2.53. The molecule has 2 rings (SSSR count). The second kappa shape index (κ2) is 5.32. The van der Waals surface area contributed by atoms with E-state index in [4.69, 9.17) is 10.5 Å². The Morgan fingerprint density at radius 2 is 1.76 bits per heavy atom. The third-order valence-electron chi connectivity index (χ3n) is 3.36. The maximum absolute atomic E-state index is 9.01. The molecular weight excluding hydrogens is 208 g/mol. The van der Waals surface area contributed by atoms with Crippen LogP contribution in [0.15, 0.2) is 41.5 Å². The van der Waals surface area contributed by atoms with Gasteiger partial charge >= 0.3 is 0 Å². The molecule has 0 spiro atoms. The Kier molecular flexibility index (Phi) is 3.58. The minimum Gasteiger partial charge on any atom is -0.192 e. The number of nitriles is 2. The second-order valence-electron chi connectivity index (χ2n) is 4.33. The van der Waals surface area contributed by atoms with Crippen LogP contribution >= 0.6 is 0 Å². The third kappa shape index (κ3) is 2.37. The molecule has 1 saturated carbocycles. The molecule has 1 aromatic carbocycles. The van der Waals surface area contributed by atoms with E-state index < -0.39 is 0 Å². The number of hydrogen-bond donors (Lipinski definition) is 0. The van der Waals surface area contributed by atoms with E-state index in [1.165, 1.54) is 12.0 Å². The predicted octanol–water partition coefficient (Wildman–Crippen LogP) is 3.69. The van der Waals surface area contributed by atoms with Gasteiger partial charge in [0.25, 0.3) is 0 Å². The van der Waals surface area contributed by atoms with E-state index in [0.717, 1.165) is 24.8 Å². The van der Waals surface area contributed by atoms with Gasteiger partial charge in [-0.2, -0.15) is 10.5 Å². The molecule has 1 aliphatic carbocycles. The number of hydrogen-bond acceptors (Lipinski definition) is 2. The lowest BCUT2D eigenvalue weighted by Crippen LogP contribution is -2.10. The standard InChI is InChI=1S/C15H14N2/c16-10-13(11-17)15-9-5-4-8-14(15)12-6-2-1-3-7-12/h1-3,6-7,14H,4-5,8-9H2. The Bertz CT molecular complexity index is 484. The molecule has 84 valence electrons. The summed E-state index contributed by atoms with van der Waals surface area (Å²) in [5.41, 5.74) is 2.58. The number of nitrogens with zero attached hydrogens (tertiary/aromatic N) is 2. The highest BCUT2D eigenvalue weighted by Gasteiger charge is 2.23. The van der Waals surface area contributed by atoms with Gasteiger partial charge in [-0.1, -0.05) is 36.8 Å². The van der Waals surface area contributed by atoms with E-state index >= 15 is 0 Å². The Morgan fingerprint density at radius 1 is 1.06 bits per heavy atom. The van der Waals surface area contributed by atoms with Crippen LogP contribution in [0.4, 0.5) is 0 Å². The Balaban J connectivity index is 2.42.